The minimum absolute atomic E-state index is 0.0153. The minimum atomic E-state index is -0.453. The maximum Gasteiger partial charge on any atom is 0.288 e. The van der Waals surface area contributed by atoms with Gasteiger partial charge in [0.05, 0.1) is 4.92 Å². The largest absolute Gasteiger partial charge is 0.288 e. The van der Waals surface area contributed by atoms with Crippen molar-refractivity contribution in [3.63, 3.8) is 0 Å². The van der Waals surface area contributed by atoms with E-state index in [1.54, 1.807) is 17.8 Å². The highest BCUT2D eigenvalue weighted by atomic mass is 35.5. The molecule has 0 N–H and O–H groups in total. The van der Waals surface area contributed by atoms with Crippen molar-refractivity contribution in [2.45, 2.75) is 24.9 Å². The van der Waals surface area contributed by atoms with Crippen LogP contribution in [0, 0.1) is 10.1 Å². The van der Waals surface area contributed by atoms with Crippen molar-refractivity contribution in [2.75, 3.05) is 0 Å². The number of halogens is 1. The zero-order valence-electron chi connectivity index (χ0n) is 8.57. The molecule has 0 aliphatic carbocycles. The highest BCUT2D eigenvalue weighted by Crippen LogP contribution is 2.27. The Bertz CT molecular complexity index is 368. The van der Waals surface area contributed by atoms with E-state index in [1.807, 2.05) is 6.07 Å². The van der Waals surface area contributed by atoms with Crippen LogP contribution in [0.15, 0.2) is 18.2 Å². The summed E-state index contributed by atoms with van der Waals surface area (Å²) in [6.45, 7) is 4.18. The van der Waals surface area contributed by atoms with Crippen molar-refractivity contribution in [1.29, 1.82) is 0 Å². The predicted molar refractivity (Wildman–Crippen MR) is 64.5 cm³/mol. The van der Waals surface area contributed by atoms with Crippen molar-refractivity contribution in [1.82, 2.24) is 0 Å². The second-order valence-corrected chi connectivity index (χ2v) is 5.37. The number of nitro groups is 1. The third-order valence-corrected chi connectivity index (χ3v) is 3.28. The molecule has 0 heterocycles. The monoisotopic (exact) mass is 245 g/mol. The van der Waals surface area contributed by atoms with Gasteiger partial charge in [-0.15, -0.1) is 0 Å². The Kier molecular flexibility index (Phi) is 4.42. The molecule has 0 bridgehead atoms. The first-order valence-electron chi connectivity index (χ1n) is 4.55. The number of thioether (sulfide) groups is 1. The van der Waals surface area contributed by atoms with Crippen LogP contribution in [0.1, 0.15) is 19.4 Å². The van der Waals surface area contributed by atoms with Gasteiger partial charge in [0.15, 0.2) is 0 Å². The Morgan fingerprint density at radius 2 is 2.20 bits per heavy atom. The first-order chi connectivity index (χ1) is 7.00. The number of hydrogen-bond donors (Lipinski definition) is 0. The van der Waals surface area contributed by atoms with E-state index in [0.29, 0.717) is 5.25 Å². The van der Waals surface area contributed by atoms with Gasteiger partial charge in [0, 0.05) is 11.8 Å². The van der Waals surface area contributed by atoms with Gasteiger partial charge in [-0.25, -0.2) is 0 Å². The number of rotatable bonds is 4. The van der Waals surface area contributed by atoms with Gasteiger partial charge in [-0.3, -0.25) is 10.1 Å². The quantitative estimate of drug-likeness (QED) is 0.597. The number of nitro benzene ring substituents is 1. The van der Waals surface area contributed by atoms with E-state index < -0.39 is 4.92 Å². The summed E-state index contributed by atoms with van der Waals surface area (Å²) >= 11 is 7.45. The third-order valence-electron chi connectivity index (χ3n) is 1.79. The lowest BCUT2D eigenvalue weighted by atomic mass is 10.2. The molecule has 82 valence electrons. The maximum atomic E-state index is 10.6. The molecule has 0 atom stereocenters. The van der Waals surface area contributed by atoms with Crippen LogP contribution in [0.3, 0.4) is 0 Å². The summed E-state index contributed by atoms with van der Waals surface area (Å²) in [5.41, 5.74) is 0.920. The molecule has 0 aliphatic heterocycles. The molecule has 0 unspecified atom stereocenters. The summed E-state index contributed by atoms with van der Waals surface area (Å²) < 4.78 is 0. The fourth-order valence-electron chi connectivity index (χ4n) is 1.05. The third kappa shape index (κ3) is 3.72. The standard InChI is InChI=1S/C10H12ClNO2S/c1-7(2)15-6-8-3-4-9(11)10(5-8)12(13)14/h3-5,7H,6H2,1-2H3. The molecule has 0 fully saturated rings. The zero-order valence-corrected chi connectivity index (χ0v) is 10.1. The van der Waals surface area contributed by atoms with Crippen LogP contribution in [-0.2, 0) is 5.75 Å². The second kappa shape index (κ2) is 5.37. The van der Waals surface area contributed by atoms with Gasteiger partial charge >= 0.3 is 0 Å². The van der Waals surface area contributed by atoms with Crippen molar-refractivity contribution < 1.29 is 4.92 Å². The highest BCUT2D eigenvalue weighted by molar-refractivity contribution is 7.99. The molecule has 0 spiro atoms. The summed E-state index contributed by atoms with van der Waals surface area (Å²) in [7, 11) is 0. The lowest BCUT2D eigenvalue weighted by Crippen LogP contribution is -1.93. The molecule has 3 nitrogen and oxygen atoms in total. The number of nitrogens with zero attached hydrogens (tertiary/aromatic N) is 1. The van der Waals surface area contributed by atoms with Crippen LogP contribution in [-0.4, -0.2) is 10.2 Å². The topological polar surface area (TPSA) is 43.1 Å². The van der Waals surface area contributed by atoms with Crippen LogP contribution in [0.4, 0.5) is 5.69 Å². The van der Waals surface area contributed by atoms with Gasteiger partial charge in [0.1, 0.15) is 5.02 Å². The fraction of sp³-hybridized carbons (Fsp3) is 0.400. The molecular formula is C10H12ClNO2S. The number of hydrogen-bond acceptors (Lipinski definition) is 3. The van der Waals surface area contributed by atoms with E-state index in [2.05, 4.69) is 13.8 Å². The molecule has 0 saturated carbocycles. The first-order valence-corrected chi connectivity index (χ1v) is 5.98. The summed E-state index contributed by atoms with van der Waals surface area (Å²) in [4.78, 5) is 10.2. The highest BCUT2D eigenvalue weighted by Gasteiger charge is 2.12. The van der Waals surface area contributed by atoms with Crippen molar-refractivity contribution in [3.8, 4) is 0 Å². The first kappa shape index (κ1) is 12.3. The lowest BCUT2D eigenvalue weighted by Gasteiger charge is -2.05. The van der Waals surface area contributed by atoms with E-state index in [0.717, 1.165) is 11.3 Å². The van der Waals surface area contributed by atoms with Crippen molar-refractivity contribution in [3.05, 3.63) is 38.9 Å². The Labute approximate surface area is 98.0 Å². The van der Waals surface area contributed by atoms with Gasteiger partial charge in [-0.05, 0) is 16.9 Å². The Hall–Kier alpha value is -0.740. The van der Waals surface area contributed by atoms with Crippen LogP contribution < -0.4 is 0 Å². The average molecular weight is 246 g/mol. The van der Waals surface area contributed by atoms with Crippen molar-refractivity contribution in [2.24, 2.45) is 0 Å². The van der Waals surface area contributed by atoms with E-state index in [4.69, 9.17) is 11.6 Å². The molecular weight excluding hydrogens is 234 g/mol. The molecule has 0 amide bonds. The van der Waals surface area contributed by atoms with Gasteiger partial charge in [-0.1, -0.05) is 31.5 Å². The number of benzene rings is 1. The molecule has 0 aliphatic rings. The van der Waals surface area contributed by atoms with Gasteiger partial charge in [-0.2, -0.15) is 11.8 Å². The smallest absolute Gasteiger partial charge is 0.258 e. The summed E-state index contributed by atoms with van der Waals surface area (Å²) in [6.07, 6.45) is 0. The van der Waals surface area contributed by atoms with Crippen LogP contribution in [0.2, 0.25) is 5.02 Å². The Balaban J connectivity index is 2.83. The molecule has 5 heteroatoms. The van der Waals surface area contributed by atoms with Gasteiger partial charge in [0.2, 0.25) is 0 Å². The molecule has 1 aromatic rings. The Morgan fingerprint density at radius 1 is 1.53 bits per heavy atom. The minimum Gasteiger partial charge on any atom is -0.258 e. The summed E-state index contributed by atoms with van der Waals surface area (Å²) in [5, 5.41) is 11.3. The maximum absolute atomic E-state index is 10.6. The molecule has 15 heavy (non-hydrogen) atoms. The average Bonchev–Trinajstić information content (AvgIpc) is 2.16. The molecule has 1 aromatic carbocycles. The lowest BCUT2D eigenvalue weighted by molar-refractivity contribution is -0.384. The van der Waals surface area contributed by atoms with Crippen LogP contribution in [0.5, 0.6) is 0 Å². The summed E-state index contributed by atoms with van der Waals surface area (Å²) in [5.74, 6) is 0.773. The second-order valence-electron chi connectivity index (χ2n) is 3.40. The van der Waals surface area contributed by atoms with Gasteiger partial charge in [0.25, 0.3) is 5.69 Å². The molecule has 0 saturated heterocycles. The van der Waals surface area contributed by atoms with E-state index in [1.165, 1.54) is 6.07 Å². The zero-order chi connectivity index (χ0) is 11.4. The summed E-state index contributed by atoms with van der Waals surface area (Å²) in [6, 6.07) is 4.94. The molecule has 1 rings (SSSR count). The van der Waals surface area contributed by atoms with E-state index >= 15 is 0 Å². The fourth-order valence-corrected chi connectivity index (χ4v) is 1.94. The van der Waals surface area contributed by atoms with E-state index in [-0.39, 0.29) is 10.7 Å². The van der Waals surface area contributed by atoms with Crippen molar-refractivity contribution >= 4 is 29.1 Å². The molecule has 0 aromatic heterocycles. The Morgan fingerprint density at radius 3 is 2.73 bits per heavy atom. The normalized spacial score (nSPS) is 10.7. The van der Waals surface area contributed by atoms with E-state index in [9.17, 15) is 10.1 Å². The molecule has 0 radical (unpaired) electrons. The van der Waals surface area contributed by atoms with Crippen LogP contribution >= 0.6 is 23.4 Å². The van der Waals surface area contributed by atoms with Crippen LogP contribution in [0.25, 0.3) is 0 Å². The SMILES string of the molecule is CC(C)SCc1ccc(Cl)c([N+](=O)[O-])c1. The predicted octanol–water partition coefficient (Wildman–Crippen LogP) is 3.89. The van der Waals surface area contributed by atoms with Gasteiger partial charge < -0.3 is 0 Å².